The molecule has 32 heavy (non-hydrogen) atoms. The Hall–Kier alpha value is -3.62. The van der Waals surface area contributed by atoms with Crippen molar-refractivity contribution in [2.75, 3.05) is 6.54 Å². The number of amides is 2. The van der Waals surface area contributed by atoms with Gasteiger partial charge in [0.05, 0.1) is 12.0 Å². The van der Waals surface area contributed by atoms with Gasteiger partial charge in [-0.05, 0) is 41.8 Å². The predicted molar refractivity (Wildman–Crippen MR) is 112 cm³/mol. The Balaban J connectivity index is 1.73. The third kappa shape index (κ3) is 4.66. The van der Waals surface area contributed by atoms with Crippen LogP contribution in [0.1, 0.15) is 41.6 Å². The summed E-state index contributed by atoms with van der Waals surface area (Å²) in [4.78, 5) is 38.8. The fourth-order valence-electron chi connectivity index (χ4n) is 3.83. The molecule has 9 heteroatoms. The van der Waals surface area contributed by atoms with Gasteiger partial charge in [-0.15, -0.1) is 0 Å². The number of H-pyrrole nitrogens is 1. The molecule has 0 radical (unpaired) electrons. The SMILES string of the molecule is O=C1CC(c2ccc(/C(=C\[C@H]3CCC(=O)N3)c3ccc(C(F)(F)F)cc3)[nH]c2=O)=CCN1. The van der Waals surface area contributed by atoms with Crippen LogP contribution in [0.3, 0.4) is 0 Å². The van der Waals surface area contributed by atoms with Crippen molar-refractivity contribution in [3.05, 3.63) is 81.3 Å². The minimum Gasteiger partial charge on any atom is -0.352 e. The van der Waals surface area contributed by atoms with E-state index in [0.717, 1.165) is 12.1 Å². The summed E-state index contributed by atoms with van der Waals surface area (Å²) in [5.74, 6) is -0.280. The molecule has 166 valence electrons. The molecule has 3 N–H and O–H groups in total. The van der Waals surface area contributed by atoms with Gasteiger partial charge in [0.15, 0.2) is 0 Å². The van der Waals surface area contributed by atoms with Gasteiger partial charge in [-0.2, -0.15) is 13.2 Å². The molecule has 1 saturated heterocycles. The minimum absolute atomic E-state index is 0.0954. The highest BCUT2D eigenvalue weighted by Gasteiger charge is 2.30. The number of halogens is 3. The van der Waals surface area contributed by atoms with E-state index in [9.17, 15) is 27.6 Å². The Labute approximate surface area is 181 Å². The Bertz CT molecular complexity index is 1180. The Morgan fingerprint density at radius 2 is 1.75 bits per heavy atom. The summed E-state index contributed by atoms with van der Waals surface area (Å²) in [6.45, 7) is 0.341. The van der Waals surface area contributed by atoms with E-state index in [4.69, 9.17) is 0 Å². The Kier molecular flexibility index (Phi) is 5.73. The summed E-state index contributed by atoms with van der Waals surface area (Å²) in [6.07, 6.45) is 0.0500. The molecule has 1 aromatic heterocycles. The van der Waals surface area contributed by atoms with Crippen LogP contribution in [0, 0.1) is 0 Å². The van der Waals surface area contributed by atoms with Gasteiger partial charge in [-0.25, -0.2) is 0 Å². The number of rotatable bonds is 4. The van der Waals surface area contributed by atoms with Crippen molar-refractivity contribution in [2.45, 2.75) is 31.5 Å². The normalized spacial score (nSPS) is 19.4. The molecule has 0 bridgehead atoms. The molecule has 1 fully saturated rings. The lowest BCUT2D eigenvalue weighted by molar-refractivity contribution is -0.137. The molecule has 2 aliphatic rings. The highest BCUT2D eigenvalue weighted by atomic mass is 19.4. The number of hydrogen-bond donors (Lipinski definition) is 3. The molecule has 3 heterocycles. The lowest BCUT2D eigenvalue weighted by atomic mass is 9.96. The van der Waals surface area contributed by atoms with E-state index in [1.54, 1.807) is 24.3 Å². The monoisotopic (exact) mass is 443 g/mol. The zero-order valence-corrected chi connectivity index (χ0v) is 16.9. The topological polar surface area (TPSA) is 91.1 Å². The van der Waals surface area contributed by atoms with Gasteiger partial charge in [0.25, 0.3) is 5.56 Å². The van der Waals surface area contributed by atoms with Gasteiger partial charge < -0.3 is 15.6 Å². The van der Waals surface area contributed by atoms with Gasteiger partial charge in [-0.1, -0.05) is 24.3 Å². The molecule has 2 aliphatic heterocycles. The largest absolute Gasteiger partial charge is 0.416 e. The summed E-state index contributed by atoms with van der Waals surface area (Å²) in [5.41, 5.74) is 1.18. The average Bonchev–Trinajstić information content (AvgIpc) is 3.16. The Morgan fingerprint density at radius 1 is 1.00 bits per heavy atom. The van der Waals surface area contributed by atoms with Gasteiger partial charge in [0, 0.05) is 35.8 Å². The summed E-state index contributed by atoms with van der Waals surface area (Å²) >= 11 is 0. The number of pyridine rings is 1. The van der Waals surface area contributed by atoms with Crippen molar-refractivity contribution in [2.24, 2.45) is 0 Å². The fraction of sp³-hybridized carbons (Fsp3) is 0.261. The van der Waals surface area contributed by atoms with Crippen molar-refractivity contribution < 1.29 is 22.8 Å². The summed E-state index contributed by atoms with van der Waals surface area (Å²) in [6, 6.07) is 7.60. The van der Waals surface area contributed by atoms with Gasteiger partial charge in [-0.3, -0.25) is 14.4 Å². The first kappa shape index (κ1) is 21.6. The van der Waals surface area contributed by atoms with Crippen LogP contribution in [0.25, 0.3) is 11.1 Å². The van der Waals surface area contributed by atoms with Crippen LogP contribution in [0.2, 0.25) is 0 Å². The van der Waals surface area contributed by atoms with Crippen molar-refractivity contribution in [1.29, 1.82) is 0 Å². The molecule has 1 atom stereocenters. The van der Waals surface area contributed by atoms with Crippen LogP contribution in [0.5, 0.6) is 0 Å². The molecule has 0 saturated carbocycles. The molecule has 2 aromatic rings. The number of hydrogen-bond acceptors (Lipinski definition) is 3. The number of alkyl halides is 3. The molecule has 0 spiro atoms. The standard InChI is InChI=1S/C23H20F3N3O3/c24-23(25,26)15-3-1-13(2-4-15)18(12-16-5-8-20(30)28-16)19-7-6-17(22(32)29-19)14-9-10-27-21(31)11-14/h1-4,6-7,9,12,16H,5,8,10-11H2,(H,27,31)(H,28,30)(H,29,32)/b18-12-/t16-/m1/s1. The van der Waals surface area contributed by atoms with Crippen molar-refractivity contribution in [3.8, 4) is 0 Å². The number of carbonyl (C=O) groups excluding carboxylic acids is 2. The second-order valence-electron chi connectivity index (χ2n) is 7.69. The number of nitrogens with one attached hydrogen (secondary N) is 3. The minimum atomic E-state index is -4.46. The maximum atomic E-state index is 13.0. The summed E-state index contributed by atoms with van der Waals surface area (Å²) in [7, 11) is 0. The first-order chi connectivity index (χ1) is 15.2. The molecule has 4 rings (SSSR count). The number of aromatic amines is 1. The van der Waals surface area contributed by atoms with Crippen molar-refractivity contribution in [3.63, 3.8) is 0 Å². The zero-order valence-electron chi connectivity index (χ0n) is 16.9. The maximum absolute atomic E-state index is 13.0. The highest BCUT2D eigenvalue weighted by molar-refractivity contribution is 5.91. The lowest BCUT2D eigenvalue weighted by Crippen LogP contribution is -2.28. The quantitative estimate of drug-likeness (QED) is 0.679. The van der Waals surface area contributed by atoms with Crippen LogP contribution in [0.15, 0.2) is 53.3 Å². The average molecular weight is 443 g/mol. The van der Waals surface area contributed by atoms with Gasteiger partial charge >= 0.3 is 6.18 Å². The highest BCUT2D eigenvalue weighted by Crippen LogP contribution is 2.31. The number of aromatic nitrogens is 1. The van der Waals surface area contributed by atoms with Gasteiger partial charge in [0.2, 0.25) is 11.8 Å². The van der Waals surface area contributed by atoms with Crippen LogP contribution < -0.4 is 16.2 Å². The third-order valence-electron chi connectivity index (χ3n) is 5.46. The molecular weight excluding hydrogens is 423 g/mol. The third-order valence-corrected chi connectivity index (χ3v) is 5.46. The Morgan fingerprint density at radius 3 is 2.34 bits per heavy atom. The summed E-state index contributed by atoms with van der Waals surface area (Å²) in [5, 5.41) is 5.46. The van der Waals surface area contributed by atoms with Crippen LogP contribution in [-0.2, 0) is 15.8 Å². The maximum Gasteiger partial charge on any atom is 0.416 e. The predicted octanol–water partition coefficient (Wildman–Crippen LogP) is 3.01. The molecule has 2 amide bonds. The van der Waals surface area contributed by atoms with E-state index >= 15 is 0 Å². The van der Waals surface area contributed by atoms with E-state index in [1.165, 1.54) is 12.1 Å². The molecule has 0 aliphatic carbocycles. The first-order valence-electron chi connectivity index (χ1n) is 10.1. The molecule has 6 nitrogen and oxygen atoms in total. The van der Waals surface area contributed by atoms with E-state index < -0.39 is 17.3 Å². The van der Waals surface area contributed by atoms with Crippen LogP contribution in [-0.4, -0.2) is 29.4 Å². The van der Waals surface area contributed by atoms with E-state index in [2.05, 4.69) is 15.6 Å². The second-order valence-corrected chi connectivity index (χ2v) is 7.69. The lowest BCUT2D eigenvalue weighted by Gasteiger charge is -2.16. The molecule has 0 unspecified atom stereocenters. The van der Waals surface area contributed by atoms with E-state index in [-0.39, 0.29) is 24.3 Å². The van der Waals surface area contributed by atoms with Crippen molar-refractivity contribution in [1.82, 2.24) is 15.6 Å². The van der Waals surface area contributed by atoms with Crippen LogP contribution in [0.4, 0.5) is 13.2 Å². The van der Waals surface area contributed by atoms with E-state index in [1.807, 2.05) is 0 Å². The van der Waals surface area contributed by atoms with Gasteiger partial charge in [0.1, 0.15) is 0 Å². The smallest absolute Gasteiger partial charge is 0.352 e. The fourth-order valence-corrected chi connectivity index (χ4v) is 3.83. The van der Waals surface area contributed by atoms with Crippen LogP contribution >= 0.6 is 0 Å². The van der Waals surface area contributed by atoms with Crippen molar-refractivity contribution >= 4 is 23.0 Å². The second kappa shape index (κ2) is 8.49. The first-order valence-corrected chi connectivity index (χ1v) is 10.1. The zero-order chi connectivity index (χ0) is 22.9. The molecule has 1 aromatic carbocycles. The number of benzene rings is 1. The summed E-state index contributed by atoms with van der Waals surface area (Å²) < 4.78 is 38.9. The molecular formula is C23H20F3N3O3. The van der Waals surface area contributed by atoms with E-state index in [0.29, 0.717) is 47.4 Å². The number of carbonyl (C=O) groups is 2.